The van der Waals surface area contributed by atoms with Gasteiger partial charge in [-0.3, -0.25) is 0 Å². The van der Waals surface area contributed by atoms with Crippen molar-refractivity contribution in [2.45, 2.75) is 13.3 Å². The summed E-state index contributed by atoms with van der Waals surface area (Å²) in [4.78, 5) is 5.59. The second-order valence-electron chi connectivity index (χ2n) is 3.33. The first-order valence-corrected chi connectivity index (χ1v) is 5.62. The van der Waals surface area contributed by atoms with Crippen molar-refractivity contribution in [2.75, 3.05) is 0 Å². The number of thiazole rings is 1. The minimum atomic E-state index is 0. The first-order chi connectivity index (χ1) is 7.31. The molecule has 0 fully saturated rings. The molecule has 0 atom stereocenters. The standard InChI is InChI=1S/C13H11NS.H2/c1-3-4-11-5-7-12(8-6-11)13-10(2)15-9-14-13;/h1,5-9H,4H2,2H3;1H. The highest BCUT2D eigenvalue weighted by atomic mass is 32.1. The summed E-state index contributed by atoms with van der Waals surface area (Å²) in [5, 5.41) is 0. The Kier molecular flexibility index (Phi) is 2.84. The Balaban J connectivity index is 0.00000128. The van der Waals surface area contributed by atoms with Crippen molar-refractivity contribution in [3.05, 3.63) is 40.2 Å². The van der Waals surface area contributed by atoms with E-state index in [-0.39, 0.29) is 1.43 Å². The minimum Gasteiger partial charge on any atom is -0.244 e. The molecule has 0 amide bonds. The summed E-state index contributed by atoms with van der Waals surface area (Å²) in [7, 11) is 0. The lowest BCUT2D eigenvalue weighted by Crippen LogP contribution is -1.83. The summed E-state index contributed by atoms with van der Waals surface area (Å²) in [6, 6.07) is 8.28. The maximum atomic E-state index is 5.26. The molecule has 0 saturated carbocycles. The molecule has 2 aromatic rings. The summed E-state index contributed by atoms with van der Waals surface area (Å²) in [6.45, 7) is 2.09. The molecular formula is C13H13NS. The van der Waals surface area contributed by atoms with Gasteiger partial charge in [-0.2, -0.15) is 0 Å². The molecule has 0 unspecified atom stereocenters. The zero-order valence-corrected chi connectivity index (χ0v) is 9.34. The number of aryl methyl sites for hydroxylation is 1. The molecule has 0 N–H and O–H groups in total. The zero-order chi connectivity index (χ0) is 10.7. The molecular weight excluding hydrogens is 202 g/mol. The first kappa shape index (κ1) is 9.95. The van der Waals surface area contributed by atoms with Gasteiger partial charge in [0.25, 0.3) is 0 Å². The van der Waals surface area contributed by atoms with Crippen molar-refractivity contribution in [1.82, 2.24) is 4.98 Å². The van der Waals surface area contributed by atoms with Crippen molar-refractivity contribution in [1.29, 1.82) is 0 Å². The van der Waals surface area contributed by atoms with Crippen molar-refractivity contribution in [3.63, 3.8) is 0 Å². The number of aromatic nitrogens is 1. The van der Waals surface area contributed by atoms with Gasteiger partial charge in [-0.1, -0.05) is 24.3 Å². The van der Waals surface area contributed by atoms with Crippen LogP contribution in [-0.2, 0) is 6.42 Å². The van der Waals surface area contributed by atoms with Crippen LogP contribution < -0.4 is 0 Å². The topological polar surface area (TPSA) is 12.9 Å². The molecule has 1 nitrogen and oxygen atoms in total. The zero-order valence-electron chi connectivity index (χ0n) is 8.53. The van der Waals surface area contributed by atoms with Crippen LogP contribution >= 0.6 is 11.3 Å². The van der Waals surface area contributed by atoms with Gasteiger partial charge >= 0.3 is 0 Å². The number of terminal acetylenes is 1. The van der Waals surface area contributed by atoms with Gasteiger partial charge in [0.15, 0.2) is 0 Å². The SMILES string of the molecule is C#CCc1ccc(-c2ncsc2C)cc1.[HH]. The highest BCUT2D eigenvalue weighted by Gasteiger charge is 2.03. The second kappa shape index (κ2) is 4.29. The van der Waals surface area contributed by atoms with Crippen molar-refractivity contribution < 1.29 is 1.43 Å². The van der Waals surface area contributed by atoms with Crippen LogP contribution in [0.15, 0.2) is 29.8 Å². The highest BCUT2D eigenvalue weighted by molar-refractivity contribution is 7.10. The lowest BCUT2D eigenvalue weighted by molar-refractivity contribution is 1.31. The molecule has 0 radical (unpaired) electrons. The molecule has 0 aliphatic carbocycles. The number of rotatable bonds is 2. The van der Waals surface area contributed by atoms with Crippen LogP contribution in [0.3, 0.4) is 0 Å². The maximum absolute atomic E-state index is 5.26. The van der Waals surface area contributed by atoms with Crippen LogP contribution in [-0.4, -0.2) is 4.98 Å². The fourth-order valence-corrected chi connectivity index (χ4v) is 2.08. The highest BCUT2D eigenvalue weighted by Crippen LogP contribution is 2.24. The van der Waals surface area contributed by atoms with E-state index < -0.39 is 0 Å². The Labute approximate surface area is 95.3 Å². The third-order valence-electron chi connectivity index (χ3n) is 2.28. The number of benzene rings is 1. The number of hydrogen-bond donors (Lipinski definition) is 0. The first-order valence-electron chi connectivity index (χ1n) is 4.74. The van der Waals surface area contributed by atoms with E-state index in [2.05, 4.69) is 42.1 Å². The van der Waals surface area contributed by atoms with Crippen LogP contribution in [0.25, 0.3) is 11.3 Å². The molecule has 2 heteroatoms. The van der Waals surface area contributed by atoms with Crippen LogP contribution in [0.4, 0.5) is 0 Å². The Morgan fingerprint density at radius 1 is 1.40 bits per heavy atom. The molecule has 1 aromatic heterocycles. The van der Waals surface area contributed by atoms with E-state index in [4.69, 9.17) is 6.42 Å². The summed E-state index contributed by atoms with van der Waals surface area (Å²) in [5.41, 5.74) is 5.29. The lowest BCUT2D eigenvalue weighted by Gasteiger charge is -2.00. The molecule has 1 aromatic carbocycles. The average molecular weight is 215 g/mol. The maximum Gasteiger partial charge on any atom is 0.0840 e. The van der Waals surface area contributed by atoms with Gasteiger partial charge in [-0.25, -0.2) is 4.98 Å². The average Bonchev–Trinajstić information content (AvgIpc) is 2.66. The number of hydrogen-bond acceptors (Lipinski definition) is 2. The van der Waals surface area contributed by atoms with Crippen LogP contribution in [0.1, 0.15) is 11.9 Å². The molecule has 0 bridgehead atoms. The quantitative estimate of drug-likeness (QED) is 0.698. The molecule has 2 rings (SSSR count). The van der Waals surface area contributed by atoms with Gasteiger partial charge < -0.3 is 0 Å². The van der Waals surface area contributed by atoms with Crippen molar-refractivity contribution >= 4 is 11.3 Å². The van der Waals surface area contributed by atoms with E-state index in [0.29, 0.717) is 6.42 Å². The fourth-order valence-electron chi connectivity index (χ4n) is 1.48. The second-order valence-corrected chi connectivity index (χ2v) is 4.39. The van der Waals surface area contributed by atoms with E-state index in [1.807, 2.05) is 5.51 Å². The van der Waals surface area contributed by atoms with Gasteiger partial charge in [-0.05, 0) is 12.5 Å². The van der Waals surface area contributed by atoms with Gasteiger partial charge in [-0.15, -0.1) is 23.7 Å². The van der Waals surface area contributed by atoms with Crippen LogP contribution in [0, 0.1) is 19.3 Å². The van der Waals surface area contributed by atoms with Crippen LogP contribution in [0.5, 0.6) is 0 Å². The van der Waals surface area contributed by atoms with Gasteiger partial charge in [0, 0.05) is 18.3 Å². The summed E-state index contributed by atoms with van der Waals surface area (Å²) in [5.74, 6) is 2.64. The Hall–Kier alpha value is -1.59. The van der Waals surface area contributed by atoms with E-state index in [1.54, 1.807) is 11.3 Å². The lowest BCUT2D eigenvalue weighted by atomic mass is 10.1. The molecule has 0 aliphatic heterocycles. The monoisotopic (exact) mass is 215 g/mol. The largest absolute Gasteiger partial charge is 0.244 e. The summed E-state index contributed by atoms with van der Waals surface area (Å²) >= 11 is 1.67. The van der Waals surface area contributed by atoms with E-state index in [0.717, 1.165) is 11.3 Å². The Morgan fingerprint density at radius 2 is 2.13 bits per heavy atom. The number of nitrogens with zero attached hydrogens (tertiary/aromatic N) is 1. The molecule has 15 heavy (non-hydrogen) atoms. The third-order valence-corrected chi connectivity index (χ3v) is 3.04. The van der Waals surface area contributed by atoms with E-state index >= 15 is 0 Å². The van der Waals surface area contributed by atoms with E-state index in [9.17, 15) is 0 Å². The van der Waals surface area contributed by atoms with Gasteiger partial charge in [0.05, 0.1) is 11.2 Å². The van der Waals surface area contributed by atoms with Crippen molar-refractivity contribution in [3.8, 4) is 23.6 Å². The summed E-state index contributed by atoms with van der Waals surface area (Å²) < 4.78 is 0. The molecule has 76 valence electrons. The Bertz CT molecular complexity index is 493. The van der Waals surface area contributed by atoms with Gasteiger partial charge in [0.1, 0.15) is 0 Å². The predicted octanol–water partition coefficient (Wildman–Crippen LogP) is 3.54. The third kappa shape index (κ3) is 2.08. The normalized spacial score (nSPS) is 9.87. The molecule has 0 saturated heterocycles. The van der Waals surface area contributed by atoms with Crippen LogP contribution in [0.2, 0.25) is 0 Å². The summed E-state index contributed by atoms with van der Waals surface area (Å²) in [6.07, 6.45) is 5.95. The van der Waals surface area contributed by atoms with E-state index in [1.165, 1.54) is 10.4 Å². The van der Waals surface area contributed by atoms with Crippen molar-refractivity contribution in [2.24, 2.45) is 0 Å². The predicted molar refractivity (Wildman–Crippen MR) is 66.9 cm³/mol. The smallest absolute Gasteiger partial charge is 0.0840 e. The molecule has 1 heterocycles. The molecule has 0 aliphatic rings. The Morgan fingerprint density at radius 3 is 2.67 bits per heavy atom. The fraction of sp³-hybridized carbons (Fsp3) is 0.154. The minimum absolute atomic E-state index is 0. The van der Waals surface area contributed by atoms with Gasteiger partial charge in [0.2, 0.25) is 0 Å². The molecule has 0 spiro atoms.